The Balaban J connectivity index is 2.81. The van der Waals surface area contributed by atoms with E-state index in [4.69, 9.17) is 5.11 Å². The molecule has 1 atom stereocenters. The molecule has 0 radical (unpaired) electrons. The average molecular weight is 332 g/mol. The summed E-state index contributed by atoms with van der Waals surface area (Å²) < 4.78 is 13.5. The molecule has 4 nitrogen and oxygen atoms in total. The lowest BCUT2D eigenvalue weighted by Gasteiger charge is -2.14. The largest absolute Gasteiger partial charge is 0.480 e. The van der Waals surface area contributed by atoms with Gasteiger partial charge in [-0.15, -0.1) is 0 Å². The van der Waals surface area contributed by atoms with E-state index in [9.17, 15) is 14.0 Å². The van der Waals surface area contributed by atoms with Crippen LogP contribution in [0.25, 0.3) is 0 Å². The maximum absolute atomic E-state index is 13.1. The predicted octanol–water partition coefficient (Wildman–Crippen LogP) is 2.96. The highest BCUT2D eigenvalue weighted by Gasteiger charge is 2.21. The molecular weight excluding hydrogens is 317 g/mol. The van der Waals surface area contributed by atoms with Gasteiger partial charge in [-0.25, -0.2) is 9.18 Å². The van der Waals surface area contributed by atoms with Gasteiger partial charge in [-0.3, -0.25) is 4.79 Å². The fourth-order valence-corrected chi connectivity index (χ4v) is 2.00. The maximum atomic E-state index is 13.1. The number of aliphatic carboxylic acids is 1. The van der Waals surface area contributed by atoms with E-state index < -0.39 is 23.7 Å². The molecule has 0 heterocycles. The number of carbonyl (C=O) groups excluding carboxylic acids is 1. The van der Waals surface area contributed by atoms with Crippen molar-refractivity contribution in [1.29, 1.82) is 0 Å². The molecule has 1 rings (SSSR count). The van der Waals surface area contributed by atoms with Crippen LogP contribution in [-0.4, -0.2) is 23.0 Å². The fraction of sp³-hybridized carbons (Fsp3) is 0.385. The highest BCUT2D eigenvalue weighted by Crippen LogP contribution is 2.18. The monoisotopic (exact) mass is 331 g/mol. The number of nitrogens with one attached hydrogen (secondary N) is 1. The molecule has 2 N–H and O–H groups in total. The normalized spacial score (nSPS) is 11.9. The van der Waals surface area contributed by atoms with E-state index in [1.54, 1.807) is 0 Å². The number of carbonyl (C=O) groups is 2. The van der Waals surface area contributed by atoms with E-state index in [0.717, 1.165) is 12.5 Å². The molecule has 0 saturated heterocycles. The van der Waals surface area contributed by atoms with Gasteiger partial charge in [0, 0.05) is 4.47 Å². The smallest absolute Gasteiger partial charge is 0.326 e. The van der Waals surface area contributed by atoms with Crippen LogP contribution in [0.5, 0.6) is 0 Å². The molecule has 0 aromatic heterocycles. The minimum absolute atomic E-state index is 0.0859. The van der Waals surface area contributed by atoms with E-state index in [1.165, 1.54) is 12.1 Å². The summed E-state index contributed by atoms with van der Waals surface area (Å²) in [6.07, 6.45) is 1.88. The van der Waals surface area contributed by atoms with Crippen LogP contribution in [0.4, 0.5) is 4.39 Å². The summed E-state index contributed by atoms with van der Waals surface area (Å²) in [4.78, 5) is 22.9. The molecule has 104 valence electrons. The fourth-order valence-electron chi connectivity index (χ4n) is 1.57. The first-order valence-corrected chi connectivity index (χ1v) is 6.73. The molecule has 0 bridgehead atoms. The zero-order valence-electron chi connectivity index (χ0n) is 10.5. The molecule has 1 amide bonds. The standard InChI is InChI=1S/C13H15BrFNO3/c1-2-3-4-11(13(18)19)16-12(17)9-7-8(15)5-6-10(9)14/h5-7,11H,2-4H2,1H3,(H,16,17)(H,18,19)/t11-/m0/s1. The summed E-state index contributed by atoms with van der Waals surface area (Å²) in [7, 11) is 0. The van der Waals surface area contributed by atoms with Crippen molar-refractivity contribution < 1.29 is 19.1 Å². The highest BCUT2D eigenvalue weighted by atomic mass is 79.9. The van der Waals surface area contributed by atoms with Crippen molar-refractivity contribution in [2.24, 2.45) is 0 Å². The molecule has 0 saturated carbocycles. The second-order valence-electron chi connectivity index (χ2n) is 4.13. The third-order valence-electron chi connectivity index (χ3n) is 2.62. The molecule has 6 heteroatoms. The lowest BCUT2D eigenvalue weighted by atomic mass is 10.1. The molecule has 1 aromatic carbocycles. The van der Waals surface area contributed by atoms with Crippen molar-refractivity contribution in [2.75, 3.05) is 0 Å². The predicted molar refractivity (Wildman–Crippen MR) is 72.5 cm³/mol. The molecule has 0 fully saturated rings. The number of amides is 1. The first kappa shape index (κ1) is 15.6. The summed E-state index contributed by atoms with van der Waals surface area (Å²) in [5.41, 5.74) is 0.0859. The van der Waals surface area contributed by atoms with Crippen LogP contribution in [0.3, 0.4) is 0 Å². The molecule has 0 spiro atoms. The van der Waals surface area contributed by atoms with Gasteiger partial charge in [0.1, 0.15) is 11.9 Å². The minimum Gasteiger partial charge on any atom is -0.480 e. The zero-order valence-corrected chi connectivity index (χ0v) is 12.0. The van der Waals surface area contributed by atoms with Crippen molar-refractivity contribution in [2.45, 2.75) is 32.2 Å². The van der Waals surface area contributed by atoms with Crippen molar-refractivity contribution >= 4 is 27.8 Å². The topological polar surface area (TPSA) is 66.4 Å². The molecule has 0 aliphatic heterocycles. The number of unbranched alkanes of at least 4 members (excludes halogenated alkanes) is 1. The SMILES string of the molecule is CCCC[C@H](NC(=O)c1cc(F)ccc1Br)C(=O)O. The average Bonchev–Trinajstić information content (AvgIpc) is 2.36. The molecule has 1 aromatic rings. The van der Waals surface area contributed by atoms with Crippen molar-refractivity contribution in [3.05, 3.63) is 34.1 Å². The van der Waals surface area contributed by atoms with Gasteiger partial charge >= 0.3 is 5.97 Å². The van der Waals surface area contributed by atoms with Crippen molar-refractivity contribution in [3.8, 4) is 0 Å². The van der Waals surface area contributed by atoms with E-state index in [2.05, 4.69) is 21.2 Å². The van der Waals surface area contributed by atoms with Crippen molar-refractivity contribution in [3.63, 3.8) is 0 Å². The first-order chi connectivity index (χ1) is 8.95. The maximum Gasteiger partial charge on any atom is 0.326 e. The van der Waals surface area contributed by atoms with Gasteiger partial charge in [-0.2, -0.15) is 0 Å². The highest BCUT2D eigenvalue weighted by molar-refractivity contribution is 9.10. The van der Waals surface area contributed by atoms with E-state index in [0.29, 0.717) is 17.3 Å². The third-order valence-corrected chi connectivity index (χ3v) is 3.31. The Morgan fingerprint density at radius 2 is 2.16 bits per heavy atom. The Bertz CT molecular complexity index is 479. The van der Waals surface area contributed by atoms with Gasteiger partial charge < -0.3 is 10.4 Å². The lowest BCUT2D eigenvalue weighted by Crippen LogP contribution is -2.40. The van der Waals surface area contributed by atoms with Crippen LogP contribution < -0.4 is 5.32 Å². The zero-order chi connectivity index (χ0) is 14.4. The van der Waals surface area contributed by atoms with Gasteiger partial charge in [0.05, 0.1) is 5.56 Å². The van der Waals surface area contributed by atoms with Crippen LogP contribution >= 0.6 is 15.9 Å². The Hall–Kier alpha value is -1.43. The molecule has 0 aliphatic rings. The second-order valence-corrected chi connectivity index (χ2v) is 4.99. The molecule has 19 heavy (non-hydrogen) atoms. The Labute approximate surface area is 119 Å². The lowest BCUT2D eigenvalue weighted by molar-refractivity contribution is -0.139. The Kier molecular flexibility index (Phi) is 5.95. The number of hydrogen-bond donors (Lipinski definition) is 2. The first-order valence-electron chi connectivity index (χ1n) is 5.94. The Morgan fingerprint density at radius 1 is 1.47 bits per heavy atom. The summed E-state index contributed by atoms with van der Waals surface area (Å²) >= 11 is 3.14. The van der Waals surface area contributed by atoms with Crippen LogP contribution in [0.2, 0.25) is 0 Å². The quantitative estimate of drug-likeness (QED) is 0.842. The summed E-state index contributed by atoms with van der Waals surface area (Å²) in [5.74, 6) is -2.24. The van der Waals surface area contributed by atoms with E-state index >= 15 is 0 Å². The minimum atomic E-state index is -1.09. The molecule has 0 unspecified atom stereocenters. The number of benzene rings is 1. The van der Waals surface area contributed by atoms with Crippen LogP contribution in [-0.2, 0) is 4.79 Å². The van der Waals surface area contributed by atoms with E-state index in [-0.39, 0.29) is 5.56 Å². The number of hydrogen-bond acceptors (Lipinski definition) is 2. The van der Waals surface area contributed by atoms with Gasteiger partial charge in [0.2, 0.25) is 0 Å². The summed E-state index contributed by atoms with van der Waals surface area (Å²) in [6.45, 7) is 1.93. The van der Waals surface area contributed by atoms with Crippen LogP contribution in [0.15, 0.2) is 22.7 Å². The van der Waals surface area contributed by atoms with Gasteiger partial charge in [-0.05, 0) is 40.5 Å². The van der Waals surface area contributed by atoms with Gasteiger partial charge in [-0.1, -0.05) is 19.8 Å². The van der Waals surface area contributed by atoms with Crippen LogP contribution in [0.1, 0.15) is 36.5 Å². The van der Waals surface area contributed by atoms with Gasteiger partial charge in [0.25, 0.3) is 5.91 Å². The van der Waals surface area contributed by atoms with Crippen molar-refractivity contribution in [1.82, 2.24) is 5.32 Å². The number of halogens is 2. The summed E-state index contributed by atoms with van der Waals surface area (Å²) in [5, 5.41) is 11.4. The van der Waals surface area contributed by atoms with Gasteiger partial charge in [0.15, 0.2) is 0 Å². The number of carboxylic acids is 1. The second kappa shape index (κ2) is 7.23. The summed E-state index contributed by atoms with van der Waals surface area (Å²) in [6, 6.07) is 2.74. The van der Waals surface area contributed by atoms with Crippen LogP contribution in [0, 0.1) is 5.82 Å². The number of carboxylic acid groups (broad SMARTS) is 1. The van der Waals surface area contributed by atoms with E-state index in [1.807, 2.05) is 6.92 Å². The Morgan fingerprint density at radius 3 is 2.74 bits per heavy atom. The number of rotatable bonds is 6. The third kappa shape index (κ3) is 4.63. The molecular formula is C13H15BrFNO3. The molecule has 0 aliphatic carbocycles.